The van der Waals surface area contributed by atoms with Gasteiger partial charge in [-0.1, -0.05) is 13.3 Å². The van der Waals surface area contributed by atoms with E-state index in [0.29, 0.717) is 11.2 Å². The molecular formula is C13H21N3O. The first-order chi connectivity index (χ1) is 8.02. The second-order valence-corrected chi connectivity index (χ2v) is 5.60. The highest BCUT2D eigenvalue weighted by Crippen LogP contribution is 2.39. The van der Waals surface area contributed by atoms with Crippen LogP contribution < -0.4 is 10.9 Å². The van der Waals surface area contributed by atoms with Crippen LogP contribution in [0, 0.1) is 5.41 Å². The zero-order valence-electron chi connectivity index (χ0n) is 10.9. The summed E-state index contributed by atoms with van der Waals surface area (Å²) in [7, 11) is 0. The van der Waals surface area contributed by atoms with Crippen molar-refractivity contribution in [3.63, 3.8) is 0 Å². The Morgan fingerprint density at radius 3 is 2.76 bits per heavy atom. The molecule has 17 heavy (non-hydrogen) atoms. The number of rotatable bonds is 4. The fraction of sp³-hybridized carbons (Fsp3) is 0.692. The van der Waals surface area contributed by atoms with Gasteiger partial charge in [0.2, 0.25) is 0 Å². The molecule has 0 spiro atoms. The Kier molecular flexibility index (Phi) is 3.22. The second-order valence-electron chi connectivity index (χ2n) is 5.60. The predicted molar refractivity (Wildman–Crippen MR) is 69.3 cm³/mol. The van der Waals surface area contributed by atoms with E-state index in [1.54, 1.807) is 17.0 Å². The molecule has 4 nitrogen and oxygen atoms in total. The average Bonchev–Trinajstić information content (AvgIpc) is 2.25. The normalized spacial score (nSPS) is 17.9. The quantitative estimate of drug-likeness (QED) is 0.872. The van der Waals surface area contributed by atoms with Gasteiger partial charge in [0.25, 0.3) is 5.56 Å². The van der Waals surface area contributed by atoms with E-state index in [9.17, 15) is 4.79 Å². The zero-order chi connectivity index (χ0) is 12.5. The summed E-state index contributed by atoms with van der Waals surface area (Å²) in [5.74, 6) is 0.481. The summed E-state index contributed by atoms with van der Waals surface area (Å²) in [6.07, 6.45) is 7.21. The molecule has 4 heteroatoms. The highest BCUT2D eigenvalue weighted by molar-refractivity contribution is 5.31. The van der Waals surface area contributed by atoms with Gasteiger partial charge in [-0.15, -0.1) is 0 Å². The lowest BCUT2D eigenvalue weighted by Crippen LogP contribution is -2.35. The number of hydrogen-bond acceptors (Lipinski definition) is 3. The molecule has 0 atom stereocenters. The number of aromatic nitrogens is 2. The van der Waals surface area contributed by atoms with Crippen molar-refractivity contribution in [1.29, 1.82) is 0 Å². The maximum absolute atomic E-state index is 12.1. The Balaban J connectivity index is 2.11. The summed E-state index contributed by atoms with van der Waals surface area (Å²) in [6.45, 7) is 7.10. The predicted octanol–water partition coefficient (Wildman–Crippen LogP) is 2.43. The molecule has 1 N–H and O–H groups in total. The second kappa shape index (κ2) is 4.51. The Labute approximate surface area is 102 Å². The molecule has 1 fully saturated rings. The lowest BCUT2D eigenvalue weighted by molar-refractivity contribution is 0.179. The Morgan fingerprint density at radius 1 is 1.53 bits per heavy atom. The summed E-state index contributed by atoms with van der Waals surface area (Å²) in [5, 5.41) is 3.21. The fourth-order valence-corrected chi connectivity index (χ4v) is 2.21. The van der Waals surface area contributed by atoms with Gasteiger partial charge in [0.1, 0.15) is 0 Å². The van der Waals surface area contributed by atoms with Crippen LogP contribution in [0.3, 0.4) is 0 Å². The molecule has 0 aromatic carbocycles. The summed E-state index contributed by atoms with van der Waals surface area (Å²) in [4.78, 5) is 16.2. The van der Waals surface area contributed by atoms with Gasteiger partial charge >= 0.3 is 0 Å². The van der Waals surface area contributed by atoms with Crippen molar-refractivity contribution in [2.24, 2.45) is 5.41 Å². The van der Waals surface area contributed by atoms with Crippen molar-refractivity contribution >= 4 is 5.82 Å². The molecule has 1 saturated carbocycles. The highest BCUT2D eigenvalue weighted by Gasteiger charge is 2.31. The average molecular weight is 235 g/mol. The largest absolute Gasteiger partial charge is 0.365 e. The number of hydrogen-bond donors (Lipinski definition) is 1. The summed E-state index contributed by atoms with van der Waals surface area (Å²) in [5.41, 5.74) is 0.331. The topological polar surface area (TPSA) is 46.9 Å². The molecule has 0 unspecified atom stereocenters. The summed E-state index contributed by atoms with van der Waals surface area (Å²) >= 11 is 0. The van der Waals surface area contributed by atoms with Crippen molar-refractivity contribution in [3.05, 3.63) is 22.7 Å². The van der Waals surface area contributed by atoms with E-state index in [0.717, 1.165) is 6.54 Å². The van der Waals surface area contributed by atoms with Gasteiger partial charge in [0.15, 0.2) is 5.82 Å². The van der Waals surface area contributed by atoms with Crippen molar-refractivity contribution in [1.82, 2.24) is 9.55 Å². The van der Waals surface area contributed by atoms with Crippen LogP contribution in [0.4, 0.5) is 5.82 Å². The highest BCUT2D eigenvalue weighted by atomic mass is 16.1. The first kappa shape index (κ1) is 12.1. The van der Waals surface area contributed by atoms with E-state index in [-0.39, 0.29) is 11.6 Å². The van der Waals surface area contributed by atoms with Crippen LogP contribution in [-0.2, 0) is 0 Å². The zero-order valence-corrected chi connectivity index (χ0v) is 10.9. The third-order valence-corrected chi connectivity index (χ3v) is 3.67. The van der Waals surface area contributed by atoms with Crippen LogP contribution in [0.2, 0.25) is 0 Å². The molecule has 0 amide bonds. The van der Waals surface area contributed by atoms with Crippen LogP contribution in [0.25, 0.3) is 0 Å². The molecule has 0 aliphatic heterocycles. The molecule has 94 valence electrons. The summed E-state index contributed by atoms with van der Waals surface area (Å²) in [6, 6.07) is 0.172. The molecule has 1 aromatic heterocycles. The summed E-state index contributed by atoms with van der Waals surface area (Å²) < 4.78 is 1.71. The smallest absolute Gasteiger partial charge is 0.293 e. The van der Waals surface area contributed by atoms with Crippen molar-refractivity contribution in [2.45, 2.75) is 46.1 Å². The third kappa shape index (κ3) is 2.51. The van der Waals surface area contributed by atoms with Gasteiger partial charge in [-0.3, -0.25) is 4.79 Å². The fourth-order valence-electron chi connectivity index (χ4n) is 2.21. The minimum Gasteiger partial charge on any atom is -0.365 e. The molecule has 0 radical (unpaired) electrons. The van der Waals surface area contributed by atoms with Crippen LogP contribution in [0.5, 0.6) is 0 Å². The third-order valence-electron chi connectivity index (χ3n) is 3.67. The minimum atomic E-state index is -0.0228. The van der Waals surface area contributed by atoms with Crippen molar-refractivity contribution in [3.8, 4) is 0 Å². The van der Waals surface area contributed by atoms with E-state index in [2.05, 4.69) is 17.2 Å². The van der Waals surface area contributed by atoms with Gasteiger partial charge in [-0.2, -0.15) is 0 Å². The molecule has 0 bridgehead atoms. The van der Waals surface area contributed by atoms with Crippen LogP contribution in [0.1, 0.15) is 46.1 Å². The van der Waals surface area contributed by atoms with Gasteiger partial charge in [0, 0.05) is 25.0 Å². The first-order valence-electron chi connectivity index (χ1n) is 6.33. The monoisotopic (exact) mass is 235 g/mol. The van der Waals surface area contributed by atoms with E-state index < -0.39 is 0 Å². The molecule has 2 rings (SSSR count). The SMILES string of the molecule is CC(C)n1ccnc(NCC2(C)CCC2)c1=O. The van der Waals surface area contributed by atoms with Crippen molar-refractivity contribution in [2.75, 3.05) is 11.9 Å². The van der Waals surface area contributed by atoms with E-state index >= 15 is 0 Å². The van der Waals surface area contributed by atoms with Gasteiger partial charge in [-0.25, -0.2) is 4.98 Å². The Morgan fingerprint density at radius 2 is 2.24 bits per heavy atom. The molecule has 0 saturated heterocycles. The van der Waals surface area contributed by atoms with E-state index in [1.165, 1.54) is 19.3 Å². The maximum atomic E-state index is 12.1. The molecular weight excluding hydrogens is 214 g/mol. The Hall–Kier alpha value is -1.32. The van der Waals surface area contributed by atoms with Crippen molar-refractivity contribution < 1.29 is 0 Å². The molecule has 1 aliphatic carbocycles. The van der Waals surface area contributed by atoms with Crippen LogP contribution in [0.15, 0.2) is 17.2 Å². The maximum Gasteiger partial charge on any atom is 0.293 e. The van der Waals surface area contributed by atoms with Gasteiger partial charge in [0.05, 0.1) is 0 Å². The molecule has 1 aliphatic rings. The number of nitrogens with zero attached hydrogens (tertiary/aromatic N) is 2. The molecule has 1 heterocycles. The molecule has 1 aromatic rings. The standard InChI is InChI=1S/C13H21N3O/c1-10(2)16-8-7-14-11(12(16)17)15-9-13(3)5-4-6-13/h7-8,10H,4-6,9H2,1-3H3,(H,14,15). The van der Waals surface area contributed by atoms with E-state index in [4.69, 9.17) is 0 Å². The van der Waals surface area contributed by atoms with Gasteiger partial charge in [-0.05, 0) is 32.1 Å². The van der Waals surface area contributed by atoms with Crippen LogP contribution >= 0.6 is 0 Å². The van der Waals surface area contributed by atoms with Gasteiger partial charge < -0.3 is 9.88 Å². The van der Waals surface area contributed by atoms with E-state index in [1.807, 2.05) is 13.8 Å². The minimum absolute atomic E-state index is 0.0228. The lowest BCUT2D eigenvalue weighted by atomic mass is 9.70. The number of anilines is 1. The lowest BCUT2D eigenvalue weighted by Gasteiger charge is -2.38. The Bertz CT molecular complexity index is 446. The van der Waals surface area contributed by atoms with Crippen LogP contribution in [-0.4, -0.2) is 16.1 Å². The number of nitrogens with one attached hydrogen (secondary N) is 1. The first-order valence-corrected chi connectivity index (χ1v) is 6.33.